The molecule has 0 aromatic carbocycles. The highest BCUT2D eigenvalue weighted by Crippen LogP contribution is 2.65. The number of Topliss-reactive ketones (excluding diaryl/α,β-unsaturated/α-hetero) is 2. The molecule has 9 nitrogen and oxygen atoms in total. The van der Waals surface area contributed by atoms with Gasteiger partial charge in [0.05, 0.1) is 24.5 Å². The van der Waals surface area contributed by atoms with Crippen molar-refractivity contribution in [3.63, 3.8) is 0 Å². The number of esters is 2. The fourth-order valence-corrected chi connectivity index (χ4v) is 7.15. The van der Waals surface area contributed by atoms with Crippen LogP contribution in [0.4, 0.5) is 0 Å². The summed E-state index contributed by atoms with van der Waals surface area (Å²) in [6.07, 6.45) is 6.08. The molecule has 1 amide bonds. The Bertz CT molecular complexity index is 1070. The number of hydrogen-bond donors (Lipinski definition) is 0. The maximum absolute atomic E-state index is 14.3. The fourth-order valence-electron chi connectivity index (χ4n) is 7.15. The molecule has 1 aliphatic heterocycles. The number of nitrogens with zero attached hydrogens (tertiary/aromatic N) is 1. The SMILES string of the molecule is CCCCCCCO[C@@H](C)[C@H](CC(=O)OC(C)(C)C)C(=O)N1C[C@H]2[C@@H]([C@H]1C(=O)C[C@@H](C)C(OC(C)=O)C(=O)CC1CC1)C2(C)C. The van der Waals surface area contributed by atoms with Crippen LogP contribution in [0.5, 0.6) is 0 Å². The number of piperidine rings is 1. The first kappa shape index (κ1) is 37.2. The predicted octanol–water partition coefficient (Wildman–Crippen LogP) is 6.09. The minimum atomic E-state index is -0.980. The molecule has 0 radical (unpaired) electrons. The van der Waals surface area contributed by atoms with Crippen LogP contribution in [0.1, 0.15) is 127 Å². The number of carbonyl (C=O) groups is 5. The van der Waals surface area contributed by atoms with Crippen LogP contribution in [0, 0.1) is 35.0 Å². The summed E-state index contributed by atoms with van der Waals surface area (Å²) in [5.41, 5.74) is -0.796. The maximum Gasteiger partial charge on any atom is 0.307 e. The molecular weight excluding hydrogens is 574 g/mol. The summed E-state index contributed by atoms with van der Waals surface area (Å²) in [7, 11) is 0. The van der Waals surface area contributed by atoms with E-state index in [1.54, 1.807) is 32.6 Å². The Kier molecular flexibility index (Phi) is 12.8. The van der Waals surface area contributed by atoms with Crippen LogP contribution in [0.15, 0.2) is 0 Å². The van der Waals surface area contributed by atoms with E-state index in [0.29, 0.717) is 25.5 Å². The van der Waals surface area contributed by atoms with Gasteiger partial charge < -0.3 is 19.1 Å². The van der Waals surface area contributed by atoms with E-state index in [1.165, 1.54) is 13.3 Å². The van der Waals surface area contributed by atoms with Gasteiger partial charge in [0.15, 0.2) is 17.7 Å². The van der Waals surface area contributed by atoms with Gasteiger partial charge in [-0.2, -0.15) is 0 Å². The number of fused-ring (bicyclic) bond motifs is 1. The summed E-state index contributed by atoms with van der Waals surface area (Å²) >= 11 is 0. The topological polar surface area (TPSA) is 116 Å². The van der Waals surface area contributed by atoms with Crippen molar-refractivity contribution in [2.75, 3.05) is 13.2 Å². The summed E-state index contributed by atoms with van der Waals surface area (Å²) in [5, 5.41) is 0. The molecule has 3 fully saturated rings. The second-order valence-electron chi connectivity index (χ2n) is 15.6. The summed E-state index contributed by atoms with van der Waals surface area (Å²) in [6.45, 7) is 17.6. The second kappa shape index (κ2) is 15.5. The third-order valence-electron chi connectivity index (χ3n) is 9.98. The third-order valence-corrected chi connectivity index (χ3v) is 9.98. The molecule has 0 bridgehead atoms. The van der Waals surface area contributed by atoms with Crippen molar-refractivity contribution in [2.24, 2.45) is 35.0 Å². The van der Waals surface area contributed by atoms with Crippen LogP contribution in [-0.4, -0.2) is 71.3 Å². The molecule has 0 aromatic rings. The average molecular weight is 634 g/mol. The van der Waals surface area contributed by atoms with Gasteiger partial charge in [-0.15, -0.1) is 0 Å². The number of likely N-dealkylation sites (tertiary alicyclic amines) is 1. The molecule has 3 rings (SSSR count). The van der Waals surface area contributed by atoms with Gasteiger partial charge in [0, 0.05) is 38.8 Å². The van der Waals surface area contributed by atoms with E-state index in [4.69, 9.17) is 14.2 Å². The lowest BCUT2D eigenvalue weighted by Crippen LogP contribution is -2.51. The van der Waals surface area contributed by atoms with Crippen molar-refractivity contribution in [3.8, 4) is 0 Å². The van der Waals surface area contributed by atoms with E-state index in [0.717, 1.165) is 38.5 Å². The third kappa shape index (κ3) is 10.4. The number of unbranched alkanes of at least 4 members (excludes halogenated alkanes) is 4. The smallest absolute Gasteiger partial charge is 0.307 e. The molecular formula is C36H59NO8. The van der Waals surface area contributed by atoms with Gasteiger partial charge in [0.25, 0.3) is 0 Å². The number of ether oxygens (including phenoxy) is 3. The van der Waals surface area contributed by atoms with Gasteiger partial charge in [0.1, 0.15) is 5.60 Å². The van der Waals surface area contributed by atoms with Crippen molar-refractivity contribution in [1.29, 1.82) is 0 Å². The normalized spacial score (nSPS) is 24.6. The van der Waals surface area contributed by atoms with Crippen LogP contribution in [0.2, 0.25) is 0 Å². The highest BCUT2D eigenvalue weighted by molar-refractivity contribution is 5.94. The molecule has 0 N–H and O–H groups in total. The lowest BCUT2D eigenvalue weighted by Gasteiger charge is -2.35. The van der Waals surface area contributed by atoms with Gasteiger partial charge in [-0.3, -0.25) is 24.0 Å². The Morgan fingerprint density at radius 3 is 2.18 bits per heavy atom. The number of rotatable bonds is 19. The molecule has 9 heteroatoms. The van der Waals surface area contributed by atoms with Gasteiger partial charge in [-0.05, 0) is 70.1 Å². The lowest BCUT2D eigenvalue weighted by atomic mass is 9.87. The Labute approximate surface area is 270 Å². The first-order chi connectivity index (χ1) is 21.0. The molecule has 45 heavy (non-hydrogen) atoms. The van der Waals surface area contributed by atoms with Gasteiger partial charge in [0.2, 0.25) is 5.91 Å². The Hall–Kier alpha value is -2.29. The molecule has 2 saturated carbocycles. The quantitative estimate of drug-likeness (QED) is 0.124. The van der Waals surface area contributed by atoms with Crippen LogP contribution in [0.25, 0.3) is 0 Å². The second-order valence-corrected chi connectivity index (χ2v) is 15.6. The number of hydrogen-bond acceptors (Lipinski definition) is 8. The number of ketones is 2. The highest BCUT2D eigenvalue weighted by Gasteiger charge is 2.69. The molecule has 7 atom stereocenters. The first-order valence-corrected chi connectivity index (χ1v) is 17.3. The summed E-state index contributed by atoms with van der Waals surface area (Å²) in [6, 6.07) is -0.668. The minimum absolute atomic E-state index is 0.00698. The Morgan fingerprint density at radius 2 is 1.60 bits per heavy atom. The zero-order valence-corrected chi connectivity index (χ0v) is 29.3. The van der Waals surface area contributed by atoms with Gasteiger partial charge >= 0.3 is 11.9 Å². The molecule has 0 aromatic heterocycles. The van der Waals surface area contributed by atoms with E-state index in [1.807, 2.05) is 6.92 Å². The van der Waals surface area contributed by atoms with Crippen molar-refractivity contribution in [3.05, 3.63) is 0 Å². The summed E-state index contributed by atoms with van der Waals surface area (Å²) < 4.78 is 17.2. The maximum atomic E-state index is 14.3. The van der Waals surface area contributed by atoms with Crippen LogP contribution >= 0.6 is 0 Å². The molecule has 3 aliphatic rings. The standard InChI is InChI=1S/C36H59NO8/c1-10-11-12-13-14-17-43-23(3)26(20-30(41)45-35(5,6)7)34(42)37-21-27-31(36(27,8)9)32(37)28(39)18-22(2)33(44-24(4)38)29(40)19-25-15-16-25/h22-23,25-27,31-33H,10-21H2,1-9H3/t22-,23+,26+,27+,31+,32-,33?/m1/s1. The van der Waals surface area contributed by atoms with E-state index in [2.05, 4.69) is 20.8 Å². The summed E-state index contributed by atoms with van der Waals surface area (Å²) in [4.78, 5) is 68.0. The molecule has 1 saturated heterocycles. The Morgan fingerprint density at radius 1 is 0.956 bits per heavy atom. The van der Waals surface area contributed by atoms with E-state index in [-0.39, 0.29) is 47.6 Å². The monoisotopic (exact) mass is 633 g/mol. The number of amides is 1. The van der Waals surface area contributed by atoms with Crippen LogP contribution in [-0.2, 0) is 38.2 Å². The first-order valence-electron chi connectivity index (χ1n) is 17.3. The fraction of sp³-hybridized carbons (Fsp3) is 0.861. The van der Waals surface area contributed by atoms with Crippen LogP contribution < -0.4 is 0 Å². The zero-order chi connectivity index (χ0) is 33.7. The Balaban J connectivity index is 1.78. The minimum Gasteiger partial charge on any atom is -0.460 e. The van der Waals surface area contributed by atoms with E-state index < -0.39 is 47.6 Å². The van der Waals surface area contributed by atoms with Crippen molar-refractivity contribution < 1.29 is 38.2 Å². The van der Waals surface area contributed by atoms with E-state index in [9.17, 15) is 24.0 Å². The van der Waals surface area contributed by atoms with E-state index >= 15 is 0 Å². The largest absolute Gasteiger partial charge is 0.460 e. The van der Waals surface area contributed by atoms with Gasteiger partial charge in [-0.25, -0.2) is 0 Å². The van der Waals surface area contributed by atoms with Gasteiger partial charge in [-0.1, -0.05) is 53.4 Å². The van der Waals surface area contributed by atoms with Crippen LogP contribution in [0.3, 0.4) is 0 Å². The van der Waals surface area contributed by atoms with Crippen molar-refractivity contribution >= 4 is 29.4 Å². The summed E-state index contributed by atoms with van der Waals surface area (Å²) in [5.74, 6) is -2.38. The van der Waals surface area contributed by atoms with Crippen molar-refractivity contribution in [1.82, 2.24) is 4.90 Å². The number of carbonyl (C=O) groups excluding carboxylic acids is 5. The lowest BCUT2D eigenvalue weighted by molar-refractivity contribution is -0.162. The molecule has 2 aliphatic carbocycles. The molecule has 0 spiro atoms. The van der Waals surface area contributed by atoms with Crippen molar-refractivity contribution in [2.45, 2.75) is 150 Å². The zero-order valence-electron chi connectivity index (χ0n) is 29.3. The highest BCUT2D eigenvalue weighted by atomic mass is 16.6. The molecule has 1 heterocycles. The molecule has 256 valence electrons. The average Bonchev–Trinajstić information content (AvgIpc) is 3.77. The molecule has 1 unspecified atom stereocenters. The predicted molar refractivity (Wildman–Crippen MR) is 171 cm³/mol.